The summed E-state index contributed by atoms with van der Waals surface area (Å²) >= 11 is 1.29. The summed E-state index contributed by atoms with van der Waals surface area (Å²) in [5, 5.41) is 20.8. The summed E-state index contributed by atoms with van der Waals surface area (Å²) in [5.41, 5.74) is 4.52. The Hall–Kier alpha value is -4.99. The molecular weight excluding hydrogens is 607 g/mol. The summed E-state index contributed by atoms with van der Waals surface area (Å²) in [6.07, 6.45) is 0.459. The third-order valence-corrected chi connectivity index (χ3v) is 9.71. The first-order valence-electron chi connectivity index (χ1n) is 14.8. The van der Waals surface area contributed by atoms with E-state index in [0.717, 1.165) is 36.8 Å². The predicted octanol–water partition coefficient (Wildman–Crippen LogP) is 9.80. The normalized spacial score (nSPS) is 16.2. The molecule has 1 aromatic heterocycles. The maximum absolute atomic E-state index is 15.0. The van der Waals surface area contributed by atoms with Gasteiger partial charge in [0.25, 0.3) is 6.43 Å². The number of methoxy groups -OCH3 is 1. The zero-order chi connectivity index (χ0) is 32.4. The highest BCUT2D eigenvalue weighted by Gasteiger charge is 2.29. The first-order chi connectivity index (χ1) is 22.3. The molecule has 5 nitrogen and oxygen atoms in total. The summed E-state index contributed by atoms with van der Waals surface area (Å²) < 4.78 is 48.5. The van der Waals surface area contributed by atoms with E-state index in [2.05, 4.69) is 24.3 Å². The Morgan fingerprint density at radius 1 is 0.891 bits per heavy atom. The molecular formula is C37H28F3N3O2S. The quantitative estimate of drug-likeness (QED) is 0.166. The van der Waals surface area contributed by atoms with Crippen molar-refractivity contribution in [3.8, 4) is 34.5 Å². The van der Waals surface area contributed by atoms with Crippen molar-refractivity contribution in [2.45, 2.75) is 42.9 Å². The van der Waals surface area contributed by atoms with Crippen molar-refractivity contribution >= 4 is 28.8 Å². The van der Waals surface area contributed by atoms with Crippen LogP contribution >= 0.6 is 11.9 Å². The molecule has 1 fully saturated rings. The molecule has 0 amide bonds. The van der Waals surface area contributed by atoms with Crippen molar-refractivity contribution in [1.29, 1.82) is 10.5 Å². The van der Waals surface area contributed by atoms with Crippen molar-refractivity contribution < 1.29 is 22.7 Å². The zero-order valence-electron chi connectivity index (χ0n) is 24.8. The smallest absolute Gasteiger partial charge is 0.308 e. The van der Waals surface area contributed by atoms with Gasteiger partial charge in [0.1, 0.15) is 5.82 Å². The molecule has 46 heavy (non-hydrogen) atoms. The molecule has 1 heterocycles. The molecule has 0 N–H and O–H groups in total. The number of ether oxygens (including phenoxy) is 1. The molecule has 0 bridgehead atoms. The monoisotopic (exact) mass is 635 g/mol. The summed E-state index contributed by atoms with van der Waals surface area (Å²) in [6, 6.07) is 27.8. The average Bonchev–Trinajstić information content (AvgIpc) is 3.39. The van der Waals surface area contributed by atoms with Crippen LogP contribution in [-0.2, 0) is 9.53 Å². The van der Waals surface area contributed by atoms with Gasteiger partial charge in [0.15, 0.2) is 0 Å². The zero-order valence-corrected chi connectivity index (χ0v) is 25.7. The maximum Gasteiger partial charge on any atom is 0.308 e. The molecule has 0 unspecified atom stereocenters. The number of alkyl halides is 2. The average molecular weight is 636 g/mol. The van der Waals surface area contributed by atoms with Crippen molar-refractivity contribution in [3.63, 3.8) is 0 Å². The Morgan fingerprint density at radius 2 is 1.57 bits per heavy atom. The van der Waals surface area contributed by atoms with Gasteiger partial charge in [-0.3, -0.25) is 8.77 Å². The molecule has 9 heteroatoms. The summed E-state index contributed by atoms with van der Waals surface area (Å²) in [7, 11) is 1.41. The largest absolute Gasteiger partial charge is 0.469 e. The van der Waals surface area contributed by atoms with E-state index in [1.807, 2.05) is 16.1 Å². The van der Waals surface area contributed by atoms with Crippen LogP contribution in [-0.4, -0.2) is 17.1 Å². The fraction of sp³-hybridized carbons (Fsp3) is 0.216. The molecule has 4 aromatic carbocycles. The van der Waals surface area contributed by atoms with Gasteiger partial charge < -0.3 is 4.74 Å². The van der Waals surface area contributed by atoms with E-state index in [9.17, 15) is 28.5 Å². The first-order valence-corrected chi connectivity index (χ1v) is 15.6. The number of esters is 1. The van der Waals surface area contributed by atoms with Crippen molar-refractivity contribution in [3.05, 3.63) is 113 Å². The second kappa shape index (κ2) is 13.2. The van der Waals surface area contributed by atoms with Gasteiger partial charge in [-0.05, 0) is 97.6 Å². The minimum absolute atomic E-state index is 0.0964. The number of hydrogen-bond acceptors (Lipinski definition) is 5. The topological polar surface area (TPSA) is 78.8 Å². The Bertz CT molecular complexity index is 1990. The van der Waals surface area contributed by atoms with Crippen LogP contribution < -0.4 is 0 Å². The minimum Gasteiger partial charge on any atom is -0.469 e. The van der Waals surface area contributed by atoms with E-state index in [4.69, 9.17) is 4.74 Å². The van der Waals surface area contributed by atoms with Crippen molar-refractivity contribution in [1.82, 2.24) is 3.97 Å². The van der Waals surface area contributed by atoms with Gasteiger partial charge in [-0.2, -0.15) is 10.5 Å². The van der Waals surface area contributed by atoms with Crippen LogP contribution in [0.1, 0.15) is 60.3 Å². The van der Waals surface area contributed by atoms with Gasteiger partial charge in [0.05, 0.1) is 47.5 Å². The van der Waals surface area contributed by atoms with Gasteiger partial charge in [-0.15, -0.1) is 0 Å². The summed E-state index contributed by atoms with van der Waals surface area (Å²) in [6.45, 7) is 0. The van der Waals surface area contributed by atoms with Gasteiger partial charge in [-0.25, -0.2) is 13.2 Å². The lowest BCUT2D eigenvalue weighted by atomic mass is 9.78. The van der Waals surface area contributed by atoms with E-state index in [1.165, 1.54) is 43.3 Å². The van der Waals surface area contributed by atoms with Gasteiger partial charge >= 0.3 is 5.97 Å². The highest BCUT2D eigenvalue weighted by molar-refractivity contribution is 7.98. The third-order valence-electron chi connectivity index (χ3n) is 8.66. The molecule has 6 rings (SSSR count). The van der Waals surface area contributed by atoms with Crippen molar-refractivity contribution in [2.24, 2.45) is 5.92 Å². The molecule has 1 aliphatic carbocycles. The summed E-state index contributed by atoms with van der Waals surface area (Å²) in [4.78, 5) is 12.8. The second-order valence-corrected chi connectivity index (χ2v) is 12.3. The lowest BCUT2D eigenvalue weighted by molar-refractivity contribution is -0.146. The van der Waals surface area contributed by atoms with Crippen LogP contribution in [0.15, 0.2) is 89.8 Å². The number of fused-ring (bicyclic) bond motifs is 1. The maximum atomic E-state index is 15.0. The van der Waals surface area contributed by atoms with E-state index in [-0.39, 0.29) is 34.5 Å². The Balaban J connectivity index is 1.58. The molecule has 5 aromatic rings. The SMILES string of the molecule is COC(=O)C1CCC(c2cccc(-c3c(-c4c(C#N)cccc4C#N)c4cc(F)ccc4n3Sc3ccc(C(F)F)cc3)c2)CC1. The number of halogens is 3. The number of hydrogen-bond donors (Lipinski definition) is 0. The van der Waals surface area contributed by atoms with Crippen LogP contribution in [0.3, 0.4) is 0 Å². The van der Waals surface area contributed by atoms with Gasteiger partial charge in [0.2, 0.25) is 0 Å². The lowest BCUT2D eigenvalue weighted by Crippen LogP contribution is -2.22. The Labute approximate surface area is 269 Å². The molecule has 230 valence electrons. The predicted molar refractivity (Wildman–Crippen MR) is 172 cm³/mol. The van der Waals surface area contributed by atoms with Crippen molar-refractivity contribution in [2.75, 3.05) is 7.11 Å². The molecule has 0 saturated heterocycles. The van der Waals surface area contributed by atoms with Gasteiger partial charge in [0, 0.05) is 32.5 Å². The number of nitrogens with zero attached hydrogens (tertiary/aromatic N) is 3. The number of carbonyl (C=O) groups excluding carboxylic acids is 1. The third kappa shape index (κ3) is 5.87. The van der Waals surface area contributed by atoms with E-state index >= 15 is 0 Å². The van der Waals surface area contributed by atoms with Gasteiger partial charge in [-0.1, -0.05) is 36.4 Å². The molecule has 0 aliphatic heterocycles. The second-order valence-electron chi connectivity index (χ2n) is 11.3. The van der Waals surface area contributed by atoms with Crippen LogP contribution in [0.2, 0.25) is 0 Å². The molecule has 0 atom stereocenters. The number of aromatic nitrogens is 1. The van der Waals surface area contributed by atoms with Crippen LogP contribution in [0.4, 0.5) is 13.2 Å². The standard InChI is InChI=1S/C37H28F3N3O2S/c1-45-37(44)24-10-8-22(9-11-24)25-4-2-5-26(18-25)35-34(33-27(20-41)6-3-7-28(33)21-42)31-19-29(38)14-17-32(31)43(35)46-30-15-12-23(13-16-30)36(39)40/h2-7,12-19,22,24,36H,8-11H2,1H3. The summed E-state index contributed by atoms with van der Waals surface area (Å²) in [5.74, 6) is -0.576. The number of carbonyl (C=O) groups is 1. The number of benzene rings is 4. The first kappa shape index (κ1) is 31.0. The molecule has 0 radical (unpaired) electrons. The van der Waals surface area contributed by atoms with E-state index in [0.29, 0.717) is 32.6 Å². The fourth-order valence-electron chi connectivity index (χ4n) is 6.40. The fourth-order valence-corrected chi connectivity index (χ4v) is 7.42. The van der Waals surface area contributed by atoms with Crippen LogP contribution in [0, 0.1) is 34.4 Å². The van der Waals surface area contributed by atoms with E-state index < -0.39 is 12.2 Å². The highest BCUT2D eigenvalue weighted by atomic mass is 32.2. The molecule has 1 saturated carbocycles. The Morgan fingerprint density at radius 3 is 2.20 bits per heavy atom. The number of rotatable bonds is 7. The van der Waals surface area contributed by atoms with Crippen LogP contribution in [0.5, 0.6) is 0 Å². The number of nitriles is 2. The highest BCUT2D eigenvalue weighted by Crippen LogP contribution is 2.47. The van der Waals surface area contributed by atoms with E-state index in [1.54, 1.807) is 36.4 Å². The molecule has 0 spiro atoms. The Kier molecular flexibility index (Phi) is 8.87. The molecule has 1 aliphatic rings. The van der Waals surface area contributed by atoms with Crippen LogP contribution in [0.25, 0.3) is 33.3 Å². The minimum atomic E-state index is -2.60. The lowest BCUT2D eigenvalue weighted by Gasteiger charge is -2.27.